The number of hydrogen-bond donors (Lipinski definition) is 0. The van der Waals surface area contributed by atoms with Crippen LogP contribution in [0.15, 0.2) is 53.1 Å². The van der Waals surface area contributed by atoms with Crippen LogP contribution in [-0.2, 0) is 5.75 Å². The Balaban J connectivity index is 1.89. The predicted molar refractivity (Wildman–Crippen MR) is 86.0 cm³/mol. The molecule has 0 saturated heterocycles. The van der Waals surface area contributed by atoms with Crippen LogP contribution in [0.4, 0.5) is 0 Å². The Labute approximate surface area is 129 Å². The van der Waals surface area contributed by atoms with E-state index in [1.165, 1.54) is 5.56 Å². The minimum Gasteiger partial charge on any atom is -0.296 e. The molecular weight excluding hydrogens is 336 g/mol. The average molecular weight is 347 g/mol. The molecule has 0 aliphatic heterocycles. The van der Waals surface area contributed by atoms with Crippen LogP contribution in [0.3, 0.4) is 0 Å². The lowest BCUT2D eigenvalue weighted by Crippen LogP contribution is -1.92. The van der Waals surface area contributed by atoms with Crippen molar-refractivity contribution in [3.8, 4) is 0 Å². The molecule has 0 fully saturated rings. The highest BCUT2D eigenvalue weighted by Gasteiger charge is 2.08. The molecule has 0 aliphatic carbocycles. The lowest BCUT2D eigenvalue weighted by Gasteiger charge is -2.05. The van der Waals surface area contributed by atoms with E-state index in [4.69, 9.17) is 0 Å². The molecule has 0 N–H and O–H groups in total. The van der Waals surface area contributed by atoms with Crippen molar-refractivity contribution in [2.75, 3.05) is 0 Å². The fourth-order valence-electron chi connectivity index (χ4n) is 1.94. The van der Waals surface area contributed by atoms with Gasteiger partial charge < -0.3 is 0 Å². The molecule has 0 bridgehead atoms. The van der Waals surface area contributed by atoms with E-state index in [1.807, 2.05) is 36.5 Å². The molecule has 3 aromatic rings. The van der Waals surface area contributed by atoms with Crippen LogP contribution in [0, 0.1) is 0 Å². The van der Waals surface area contributed by atoms with Gasteiger partial charge in [-0.05, 0) is 45.6 Å². The van der Waals surface area contributed by atoms with Gasteiger partial charge in [-0.25, -0.2) is 4.98 Å². The van der Waals surface area contributed by atoms with Gasteiger partial charge in [-0.15, -0.1) is 0 Å². The molecule has 2 heterocycles. The summed E-state index contributed by atoms with van der Waals surface area (Å²) in [5.41, 5.74) is 3.54. The number of carbonyl (C=O) groups excluding carboxylic acids is 1. The van der Waals surface area contributed by atoms with E-state index in [1.54, 1.807) is 11.9 Å². The Hall–Kier alpha value is -1.59. The highest BCUT2D eigenvalue weighted by Crippen LogP contribution is 2.26. The number of pyridine rings is 1. The molecule has 5 heteroatoms. The van der Waals surface area contributed by atoms with Gasteiger partial charge in [0, 0.05) is 16.4 Å². The second-order valence-electron chi connectivity index (χ2n) is 4.28. The second-order valence-corrected chi connectivity index (χ2v) is 6.07. The van der Waals surface area contributed by atoms with Crippen LogP contribution < -0.4 is 0 Å². The summed E-state index contributed by atoms with van der Waals surface area (Å²) in [4.78, 5) is 15.2. The maximum absolute atomic E-state index is 10.9. The lowest BCUT2D eigenvalue weighted by atomic mass is 10.2. The normalized spacial score (nSPS) is 10.8. The number of fused-ring (bicyclic) bond motifs is 1. The number of rotatable bonds is 4. The first-order valence-corrected chi connectivity index (χ1v) is 7.81. The second kappa shape index (κ2) is 5.81. The van der Waals surface area contributed by atoms with Crippen LogP contribution in [0.1, 0.15) is 16.1 Å². The van der Waals surface area contributed by atoms with E-state index in [9.17, 15) is 4.79 Å². The molecule has 0 atom stereocenters. The van der Waals surface area contributed by atoms with E-state index in [2.05, 4.69) is 37.0 Å². The van der Waals surface area contributed by atoms with Crippen molar-refractivity contribution in [3.05, 3.63) is 64.4 Å². The molecule has 0 saturated carbocycles. The largest absolute Gasteiger partial charge is 0.296 e. The fraction of sp³-hybridized carbons (Fsp3) is 0.0667. The quantitative estimate of drug-likeness (QED) is 0.660. The van der Waals surface area contributed by atoms with E-state index in [-0.39, 0.29) is 0 Å². The van der Waals surface area contributed by atoms with Gasteiger partial charge in [-0.3, -0.25) is 8.77 Å². The summed E-state index contributed by atoms with van der Waals surface area (Å²) in [5, 5.41) is 0. The van der Waals surface area contributed by atoms with Gasteiger partial charge in [-0.2, -0.15) is 0 Å². The first-order chi connectivity index (χ1) is 9.78. The maximum atomic E-state index is 10.9. The topological polar surface area (TPSA) is 34.9 Å². The zero-order chi connectivity index (χ0) is 13.9. The predicted octanol–water partition coefficient (Wildman–Crippen LogP) is 4.31. The molecule has 3 rings (SSSR count). The molecular formula is C15H11BrN2OS. The van der Waals surface area contributed by atoms with Gasteiger partial charge >= 0.3 is 0 Å². The van der Waals surface area contributed by atoms with Crippen LogP contribution in [0.5, 0.6) is 0 Å². The monoisotopic (exact) mass is 346 g/mol. The molecule has 0 unspecified atom stereocenters. The number of nitrogens with zero attached hydrogens (tertiary/aromatic N) is 2. The zero-order valence-electron chi connectivity index (χ0n) is 10.5. The smallest absolute Gasteiger partial charge is 0.169 e. The molecule has 0 aliphatic rings. The number of hydrogen-bond acceptors (Lipinski definition) is 3. The molecule has 0 radical (unpaired) electrons. The van der Waals surface area contributed by atoms with E-state index in [0.29, 0.717) is 5.69 Å². The standard InChI is InChI=1S/C15H11BrN2OS/c16-12-8-15-13(17-14(12)9-19)6-7-18(15)20-10-11-4-2-1-3-5-11/h1-9H,10H2. The summed E-state index contributed by atoms with van der Waals surface area (Å²) in [5.74, 6) is 0.887. The van der Waals surface area contributed by atoms with Gasteiger partial charge in [-0.1, -0.05) is 30.3 Å². The molecule has 0 amide bonds. The minimum atomic E-state index is 0.434. The van der Waals surface area contributed by atoms with Crippen molar-refractivity contribution in [1.82, 2.24) is 8.96 Å². The number of benzene rings is 1. The van der Waals surface area contributed by atoms with E-state index < -0.39 is 0 Å². The van der Waals surface area contributed by atoms with Crippen LogP contribution in [0.2, 0.25) is 0 Å². The van der Waals surface area contributed by atoms with E-state index >= 15 is 0 Å². The summed E-state index contributed by atoms with van der Waals surface area (Å²) in [6, 6.07) is 14.2. The highest BCUT2D eigenvalue weighted by molar-refractivity contribution is 9.10. The molecule has 2 aromatic heterocycles. The number of aromatic nitrogens is 2. The first kappa shape index (κ1) is 13.4. The van der Waals surface area contributed by atoms with Gasteiger partial charge in [0.1, 0.15) is 5.69 Å². The Kier molecular flexibility index (Phi) is 3.89. The van der Waals surface area contributed by atoms with Crippen molar-refractivity contribution < 1.29 is 4.79 Å². The van der Waals surface area contributed by atoms with Crippen molar-refractivity contribution >= 4 is 45.2 Å². The highest BCUT2D eigenvalue weighted by atomic mass is 79.9. The third-order valence-electron chi connectivity index (χ3n) is 2.94. The average Bonchev–Trinajstić information content (AvgIpc) is 2.87. The number of carbonyl (C=O) groups is 1. The first-order valence-electron chi connectivity index (χ1n) is 6.08. The summed E-state index contributed by atoms with van der Waals surface area (Å²) in [6.45, 7) is 0. The molecule has 0 spiro atoms. The Morgan fingerprint density at radius 1 is 1.25 bits per heavy atom. The lowest BCUT2D eigenvalue weighted by molar-refractivity contribution is 0.111. The van der Waals surface area contributed by atoms with Crippen molar-refractivity contribution in [2.45, 2.75) is 5.75 Å². The summed E-state index contributed by atoms with van der Waals surface area (Å²) in [6.07, 6.45) is 2.74. The van der Waals surface area contributed by atoms with Crippen LogP contribution in [-0.4, -0.2) is 15.2 Å². The number of aldehydes is 1. The Morgan fingerprint density at radius 2 is 2.05 bits per heavy atom. The van der Waals surface area contributed by atoms with E-state index in [0.717, 1.165) is 27.5 Å². The molecule has 3 nitrogen and oxygen atoms in total. The van der Waals surface area contributed by atoms with Crippen molar-refractivity contribution in [2.24, 2.45) is 0 Å². The molecule has 100 valence electrons. The SMILES string of the molecule is O=Cc1nc2ccn(SCc3ccccc3)c2cc1Br. The minimum absolute atomic E-state index is 0.434. The summed E-state index contributed by atoms with van der Waals surface area (Å²) < 4.78 is 2.80. The van der Waals surface area contributed by atoms with Crippen LogP contribution in [0.25, 0.3) is 11.0 Å². The third-order valence-corrected chi connectivity index (χ3v) is 4.64. The molecule has 1 aromatic carbocycles. The number of halogens is 1. The summed E-state index contributed by atoms with van der Waals surface area (Å²) >= 11 is 5.08. The van der Waals surface area contributed by atoms with Gasteiger partial charge in [0.2, 0.25) is 0 Å². The van der Waals surface area contributed by atoms with Crippen molar-refractivity contribution in [3.63, 3.8) is 0 Å². The van der Waals surface area contributed by atoms with Crippen LogP contribution >= 0.6 is 27.9 Å². The Bertz CT molecular complexity index is 755. The molecule has 20 heavy (non-hydrogen) atoms. The fourth-order valence-corrected chi connectivity index (χ4v) is 3.25. The third kappa shape index (κ3) is 2.64. The van der Waals surface area contributed by atoms with Gasteiger partial charge in [0.05, 0.1) is 11.0 Å². The zero-order valence-corrected chi connectivity index (χ0v) is 12.9. The van der Waals surface area contributed by atoms with Gasteiger partial charge in [0.15, 0.2) is 6.29 Å². The Morgan fingerprint density at radius 3 is 2.80 bits per heavy atom. The van der Waals surface area contributed by atoms with Gasteiger partial charge in [0.25, 0.3) is 0 Å². The maximum Gasteiger partial charge on any atom is 0.169 e. The van der Waals surface area contributed by atoms with Crippen molar-refractivity contribution in [1.29, 1.82) is 0 Å². The summed E-state index contributed by atoms with van der Waals surface area (Å²) in [7, 11) is 0.